The lowest BCUT2D eigenvalue weighted by Crippen LogP contribution is -2.19. The van der Waals surface area contributed by atoms with E-state index >= 15 is 0 Å². The largest absolute Gasteiger partial charge is 0.491 e. The molecule has 3 heteroatoms. The van der Waals surface area contributed by atoms with E-state index in [2.05, 4.69) is 0 Å². The summed E-state index contributed by atoms with van der Waals surface area (Å²) in [6, 6.07) is 4.55. The third-order valence-corrected chi connectivity index (χ3v) is 1.93. The summed E-state index contributed by atoms with van der Waals surface area (Å²) in [5, 5.41) is 0. The number of ether oxygens (including phenoxy) is 1. The average molecular weight is 211 g/mol. The van der Waals surface area contributed by atoms with Crippen molar-refractivity contribution in [2.45, 2.75) is 39.3 Å². The molecule has 2 N–H and O–H groups in total. The maximum absolute atomic E-state index is 13.0. The summed E-state index contributed by atoms with van der Waals surface area (Å²) in [5.41, 5.74) is 6.53. The molecule has 2 nitrogen and oxygen atoms in total. The Bertz CT molecular complexity index is 323. The van der Waals surface area contributed by atoms with Crippen LogP contribution in [0.3, 0.4) is 0 Å². The van der Waals surface area contributed by atoms with Crippen LogP contribution in [0.4, 0.5) is 4.39 Å². The van der Waals surface area contributed by atoms with Gasteiger partial charge >= 0.3 is 0 Å². The molecule has 0 aromatic heterocycles. The van der Waals surface area contributed by atoms with Crippen molar-refractivity contribution in [3.63, 3.8) is 0 Å². The zero-order valence-electron chi connectivity index (χ0n) is 9.46. The van der Waals surface area contributed by atoms with Crippen molar-refractivity contribution in [2.24, 2.45) is 5.73 Å². The minimum atomic E-state index is -0.248. The minimum absolute atomic E-state index is 0.00122. The van der Waals surface area contributed by atoms with Crippen LogP contribution in [0.15, 0.2) is 18.2 Å². The smallest absolute Gasteiger partial charge is 0.123 e. The van der Waals surface area contributed by atoms with E-state index in [4.69, 9.17) is 10.5 Å². The van der Waals surface area contributed by atoms with Crippen molar-refractivity contribution < 1.29 is 9.13 Å². The summed E-state index contributed by atoms with van der Waals surface area (Å²) in [4.78, 5) is 0. The van der Waals surface area contributed by atoms with Gasteiger partial charge in [-0.2, -0.15) is 0 Å². The van der Waals surface area contributed by atoms with Crippen LogP contribution in [0, 0.1) is 5.82 Å². The first-order chi connectivity index (χ1) is 6.99. The fraction of sp³-hybridized carbons (Fsp3) is 0.500. The highest BCUT2D eigenvalue weighted by Crippen LogP contribution is 2.22. The van der Waals surface area contributed by atoms with Gasteiger partial charge in [-0.25, -0.2) is 4.39 Å². The van der Waals surface area contributed by atoms with E-state index in [9.17, 15) is 4.39 Å². The summed E-state index contributed by atoms with van der Waals surface area (Å²) in [6.07, 6.45) is 0.710. The predicted molar refractivity (Wildman–Crippen MR) is 59.5 cm³/mol. The fourth-order valence-corrected chi connectivity index (χ4v) is 1.42. The van der Waals surface area contributed by atoms with Crippen LogP contribution in [0.5, 0.6) is 5.75 Å². The molecule has 15 heavy (non-hydrogen) atoms. The lowest BCUT2D eigenvalue weighted by Gasteiger charge is -2.15. The average Bonchev–Trinajstić information content (AvgIpc) is 2.08. The molecule has 84 valence electrons. The molecule has 0 aliphatic heterocycles. The van der Waals surface area contributed by atoms with E-state index in [0.29, 0.717) is 6.42 Å². The van der Waals surface area contributed by atoms with Gasteiger partial charge in [0.2, 0.25) is 0 Å². The number of hydrogen-bond acceptors (Lipinski definition) is 2. The van der Waals surface area contributed by atoms with Crippen molar-refractivity contribution in [1.29, 1.82) is 0 Å². The van der Waals surface area contributed by atoms with Crippen LogP contribution >= 0.6 is 0 Å². The molecular formula is C12H18FNO. The Morgan fingerprint density at radius 3 is 2.53 bits per heavy atom. The Morgan fingerprint density at radius 2 is 2.00 bits per heavy atom. The summed E-state index contributed by atoms with van der Waals surface area (Å²) >= 11 is 0. The number of rotatable bonds is 4. The first-order valence-corrected chi connectivity index (χ1v) is 5.19. The van der Waals surface area contributed by atoms with E-state index in [1.54, 1.807) is 6.07 Å². The summed E-state index contributed by atoms with van der Waals surface area (Å²) in [5.74, 6) is 0.477. The highest BCUT2D eigenvalue weighted by Gasteiger charge is 2.08. The molecule has 0 fully saturated rings. The first kappa shape index (κ1) is 12.0. The molecule has 0 saturated carbocycles. The SMILES string of the molecule is CC(N)Cc1cc(F)ccc1OC(C)C. The van der Waals surface area contributed by atoms with Crippen molar-refractivity contribution in [3.05, 3.63) is 29.6 Å². The van der Waals surface area contributed by atoms with Crippen molar-refractivity contribution >= 4 is 0 Å². The van der Waals surface area contributed by atoms with Crippen LogP contribution in [-0.2, 0) is 6.42 Å². The molecule has 0 bridgehead atoms. The molecule has 1 aromatic carbocycles. The molecule has 0 aliphatic rings. The number of hydrogen-bond donors (Lipinski definition) is 1. The third-order valence-electron chi connectivity index (χ3n) is 1.93. The van der Waals surface area contributed by atoms with Gasteiger partial charge in [-0.1, -0.05) is 0 Å². The Balaban J connectivity index is 2.92. The third kappa shape index (κ3) is 3.88. The maximum Gasteiger partial charge on any atom is 0.123 e. The molecule has 1 unspecified atom stereocenters. The Kier molecular flexibility index (Phi) is 4.09. The molecular weight excluding hydrogens is 193 g/mol. The fourth-order valence-electron chi connectivity index (χ4n) is 1.42. The second kappa shape index (κ2) is 5.12. The van der Waals surface area contributed by atoms with E-state index in [0.717, 1.165) is 11.3 Å². The van der Waals surface area contributed by atoms with Crippen LogP contribution in [0.1, 0.15) is 26.3 Å². The highest BCUT2D eigenvalue weighted by molar-refractivity contribution is 5.34. The van der Waals surface area contributed by atoms with Gasteiger partial charge in [0.25, 0.3) is 0 Å². The molecule has 0 aliphatic carbocycles. The molecule has 0 radical (unpaired) electrons. The Hall–Kier alpha value is -1.09. The maximum atomic E-state index is 13.0. The van der Waals surface area contributed by atoms with Crippen LogP contribution in [-0.4, -0.2) is 12.1 Å². The van der Waals surface area contributed by atoms with E-state index < -0.39 is 0 Å². The topological polar surface area (TPSA) is 35.2 Å². The van der Waals surface area contributed by atoms with E-state index in [1.165, 1.54) is 12.1 Å². The standard InChI is InChI=1S/C12H18FNO/c1-8(2)15-12-5-4-11(13)7-10(12)6-9(3)14/h4-5,7-9H,6,14H2,1-3H3. The number of benzene rings is 1. The van der Waals surface area contributed by atoms with Crippen molar-refractivity contribution in [2.75, 3.05) is 0 Å². The van der Waals surface area contributed by atoms with Gasteiger partial charge in [0.1, 0.15) is 11.6 Å². The molecule has 0 spiro atoms. The minimum Gasteiger partial charge on any atom is -0.491 e. The van der Waals surface area contributed by atoms with Gasteiger partial charge in [0, 0.05) is 6.04 Å². The second-order valence-corrected chi connectivity index (χ2v) is 4.10. The van der Waals surface area contributed by atoms with E-state index in [1.807, 2.05) is 20.8 Å². The van der Waals surface area contributed by atoms with Gasteiger partial charge in [0.05, 0.1) is 6.10 Å². The quantitative estimate of drug-likeness (QED) is 0.830. The van der Waals surface area contributed by atoms with Crippen LogP contribution < -0.4 is 10.5 Å². The zero-order chi connectivity index (χ0) is 11.4. The second-order valence-electron chi connectivity index (χ2n) is 4.10. The zero-order valence-corrected chi connectivity index (χ0v) is 9.46. The number of nitrogens with two attached hydrogens (primary N) is 1. The molecule has 1 aromatic rings. The monoisotopic (exact) mass is 211 g/mol. The Labute approximate surface area is 90.2 Å². The van der Waals surface area contributed by atoms with Gasteiger partial charge < -0.3 is 10.5 Å². The Morgan fingerprint density at radius 1 is 1.33 bits per heavy atom. The normalized spacial score (nSPS) is 12.9. The van der Waals surface area contributed by atoms with Gasteiger partial charge in [-0.3, -0.25) is 0 Å². The van der Waals surface area contributed by atoms with Gasteiger partial charge in [-0.05, 0) is 51.0 Å². The molecule has 0 saturated heterocycles. The van der Waals surface area contributed by atoms with Gasteiger partial charge in [-0.15, -0.1) is 0 Å². The summed E-state index contributed by atoms with van der Waals surface area (Å²) < 4.78 is 18.6. The highest BCUT2D eigenvalue weighted by atomic mass is 19.1. The summed E-state index contributed by atoms with van der Waals surface area (Å²) in [6.45, 7) is 5.78. The number of halogens is 1. The lowest BCUT2D eigenvalue weighted by atomic mass is 10.1. The van der Waals surface area contributed by atoms with Gasteiger partial charge in [0.15, 0.2) is 0 Å². The van der Waals surface area contributed by atoms with Crippen LogP contribution in [0.25, 0.3) is 0 Å². The summed E-state index contributed by atoms with van der Waals surface area (Å²) in [7, 11) is 0. The first-order valence-electron chi connectivity index (χ1n) is 5.19. The lowest BCUT2D eigenvalue weighted by molar-refractivity contribution is 0.239. The van der Waals surface area contributed by atoms with Crippen molar-refractivity contribution in [1.82, 2.24) is 0 Å². The molecule has 0 amide bonds. The van der Waals surface area contributed by atoms with Crippen LogP contribution in [0.2, 0.25) is 0 Å². The van der Waals surface area contributed by atoms with E-state index in [-0.39, 0.29) is 18.0 Å². The predicted octanol–water partition coefficient (Wildman–Crippen LogP) is 2.50. The molecule has 1 atom stereocenters. The van der Waals surface area contributed by atoms with Crippen molar-refractivity contribution in [3.8, 4) is 5.75 Å². The molecule has 0 heterocycles. The molecule has 1 rings (SSSR count).